The van der Waals surface area contributed by atoms with Gasteiger partial charge in [-0.3, -0.25) is 9.59 Å². The third-order valence-corrected chi connectivity index (χ3v) is 5.26. The molecule has 1 heterocycles. The Kier molecular flexibility index (Phi) is 7.47. The van der Waals surface area contributed by atoms with Crippen LogP contribution in [0.15, 0.2) is 59.8 Å². The van der Waals surface area contributed by atoms with Crippen molar-refractivity contribution in [1.29, 1.82) is 0 Å². The molecule has 1 atom stereocenters. The molecular weight excluding hydrogens is 412 g/mol. The molecular formula is C24H27ClN4O2. The van der Waals surface area contributed by atoms with E-state index in [4.69, 9.17) is 11.6 Å². The molecule has 31 heavy (non-hydrogen) atoms. The van der Waals surface area contributed by atoms with Gasteiger partial charge in [-0.15, -0.1) is 0 Å². The van der Waals surface area contributed by atoms with Crippen molar-refractivity contribution in [2.24, 2.45) is 11.0 Å². The summed E-state index contributed by atoms with van der Waals surface area (Å²) in [5.41, 5.74) is 5.07. The summed E-state index contributed by atoms with van der Waals surface area (Å²) in [5, 5.41) is 8.55. The molecule has 0 bridgehead atoms. The number of nitrogens with one attached hydrogen (secondary N) is 2. The fraction of sp³-hybridized carbons (Fsp3) is 0.292. The van der Waals surface area contributed by atoms with Crippen LogP contribution >= 0.6 is 11.6 Å². The van der Waals surface area contributed by atoms with Crippen LogP contribution in [0.3, 0.4) is 0 Å². The number of aromatic nitrogens is 1. The van der Waals surface area contributed by atoms with E-state index in [1.54, 1.807) is 30.5 Å². The highest BCUT2D eigenvalue weighted by Crippen LogP contribution is 2.20. The Morgan fingerprint density at radius 3 is 2.52 bits per heavy atom. The van der Waals surface area contributed by atoms with E-state index in [1.807, 2.05) is 38.2 Å². The Balaban J connectivity index is 1.70. The summed E-state index contributed by atoms with van der Waals surface area (Å²) in [5.74, 6) is -0.819. The summed E-state index contributed by atoms with van der Waals surface area (Å²) in [6.07, 6.45) is 4.70. The molecule has 0 saturated carbocycles. The van der Waals surface area contributed by atoms with Crippen LogP contribution in [0.5, 0.6) is 0 Å². The van der Waals surface area contributed by atoms with Gasteiger partial charge in [0.2, 0.25) is 0 Å². The predicted molar refractivity (Wildman–Crippen MR) is 126 cm³/mol. The summed E-state index contributed by atoms with van der Waals surface area (Å²) in [4.78, 5) is 25.2. The standard InChI is InChI=1S/C24H27ClN4O2/c1-4-13-29-15-18(20-7-5-6-8-21(20)29)14-26-28-24(31)22(16(2)3)27-23(30)17-9-11-19(25)12-10-17/h5-12,14-16,22H,4,13H2,1-3H3,(H,27,30)(H,28,31)/b26-14-. The van der Waals surface area contributed by atoms with Gasteiger partial charge < -0.3 is 9.88 Å². The largest absolute Gasteiger partial charge is 0.347 e. The quantitative estimate of drug-likeness (QED) is 0.398. The van der Waals surface area contributed by atoms with E-state index in [-0.39, 0.29) is 17.7 Å². The lowest BCUT2D eigenvalue weighted by atomic mass is 10.0. The molecule has 0 saturated heterocycles. The van der Waals surface area contributed by atoms with Crippen molar-refractivity contribution in [2.75, 3.05) is 0 Å². The Morgan fingerprint density at radius 1 is 1.13 bits per heavy atom. The Bertz CT molecular complexity index is 1090. The molecule has 2 N–H and O–H groups in total. The maximum atomic E-state index is 12.7. The zero-order chi connectivity index (χ0) is 22.4. The second-order valence-electron chi connectivity index (χ2n) is 7.73. The number of hydrazone groups is 1. The number of fused-ring (bicyclic) bond motifs is 1. The van der Waals surface area contributed by atoms with Crippen molar-refractivity contribution in [1.82, 2.24) is 15.3 Å². The van der Waals surface area contributed by atoms with Crippen LogP contribution in [0, 0.1) is 5.92 Å². The summed E-state index contributed by atoms with van der Waals surface area (Å²) in [7, 11) is 0. The van der Waals surface area contributed by atoms with Gasteiger partial charge >= 0.3 is 0 Å². The van der Waals surface area contributed by atoms with Gasteiger partial charge in [0.15, 0.2) is 0 Å². The first kappa shape index (κ1) is 22.6. The number of halogens is 1. The molecule has 6 nitrogen and oxygen atoms in total. The first-order valence-corrected chi connectivity index (χ1v) is 10.8. The average Bonchev–Trinajstić information content (AvgIpc) is 3.10. The molecule has 0 spiro atoms. The SMILES string of the molecule is CCCn1cc(/C=N\NC(=O)C(NC(=O)c2ccc(Cl)cc2)C(C)C)c2ccccc21. The lowest BCUT2D eigenvalue weighted by Gasteiger charge is -2.20. The fourth-order valence-corrected chi connectivity index (χ4v) is 3.53. The van der Waals surface area contributed by atoms with Crippen molar-refractivity contribution in [3.63, 3.8) is 0 Å². The normalized spacial score (nSPS) is 12.4. The van der Waals surface area contributed by atoms with Crippen molar-refractivity contribution < 1.29 is 9.59 Å². The van der Waals surface area contributed by atoms with E-state index >= 15 is 0 Å². The van der Waals surface area contributed by atoms with Gasteiger partial charge in [-0.05, 0) is 42.7 Å². The van der Waals surface area contributed by atoms with E-state index in [0.29, 0.717) is 10.6 Å². The number of rotatable bonds is 8. The molecule has 3 rings (SSSR count). The monoisotopic (exact) mass is 438 g/mol. The van der Waals surface area contributed by atoms with E-state index in [2.05, 4.69) is 33.4 Å². The third-order valence-electron chi connectivity index (χ3n) is 5.00. The van der Waals surface area contributed by atoms with Crippen LogP contribution in [-0.4, -0.2) is 28.6 Å². The lowest BCUT2D eigenvalue weighted by molar-refractivity contribution is -0.123. The molecule has 1 aromatic heterocycles. The van der Waals surface area contributed by atoms with E-state index in [9.17, 15) is 9.59 Å². The molecule has 3 aromatic rings. The van der Waals surface area contributed by atoms with E-state index in [0.717, 1.165) is 29.4 Å². The summed E-state index contributed by atoms with van der Waals surface area (Å²) in [6.45, 7) is 6.78. The molecule has 0 aliphatic rings. The Hall–Kier alpha value is -3.12. The number of benzene rings is 2. The van der Waals surface area contributed by atoms with Crippen molar-refractivity contribution in [3.8, 4) is 0 Å². The molecule has 7 heteroatoms. The number of nitrogens with zero attached hydrogens (tertiary/aromatic N) is 2. The molecule has 0 radical (unpaired) electrons. The first-order chi connectivity index (χ1) is 14.9. The molecule has 1 unspecified atom stereocenters. The van der Waals surface area contributed by atoms with Crippen LogP contribution in [0.2, 0.25) is 5.02 Å². The first-order valence-electron chi connectivity index (χ1n) is 10.4. The minimum atomic E-state index is -0.721. The van der Waals surface area contributed by atoms with Crippen LogP contribution in [-0.2, 0) is 11.3 Å². The third kappa shape index (κ3) is 5.52. The lowest BCUT2D eigenvalue weighted by Crippen LogP contribution is -2.48. The van der Waals surface area contributed by atoms with Crippen molar-refractivity contribution >= 4 is 40.5 Å². The zero-order valence-electron chi connectivity index (χ0n) is 17.9. The van der Waals surface area contributed by atoms with E-state index in [1.165, 1.54) is 0 Å². The number of hydrogen-bond acceptors (Lipinski definition) is 3. The topological polar surface area (TPSA) is 75.5 Å². The Labute approximate surface area is 187 Å². The molecule has 162 valence electrons. The van der Waals surface area contributed by atoms with Gasteiger partial charge in [-0.2, -0.15) is 5.10 Å². The molecule has 0 aliphatic carbocycles. The minimum absolute atomic E-state index is 0.113. The van der Waals surface area contributed by atoms with Gasteiger partial charge in [0, 0.05) is 39.8 Å². The van der Waals surface area contributed by atoms with Gasteiger partial charge in [-0.25, -0.2) is 5.43 Å². The highest BCUT2D eigenvalue weighted by molar-refractivity contribution is 6.30. The summed E-state index contributed by atoms with van der Waals surface area (Å²) < 4.78 is 2.18. The van der Waals surface area contributed by atoms with Crippen molar-refractivity contribution in [3.05, 3.63) is 70.9 Å². The number of carbonyl (C=O) groups excluding carboxylic acids is 2. The summed E-state index contributed by atoms with van der Waals surface area (Å²) >= 11 is 5.87. The smallest absolute Gasteiger partial charge is 0.262 e. The Morgan fingerprint density at radius 2 is 1.84 bits per heavy atom. The average molecular weight is 439 g/mol. The van der Waals surface area contributed by atoms with Crippen LogP contribution < -0.4 is 10.7 Å². The maximum Gasteiger partial charge on any atom is 0.262 e. The molecule has 2 amide bonds. The second kappa shape index (κ2) is 10.3. The number of hydrogen-bond donors (Lipinski definition) is 2. The molecule has 2 aromatic carbocycles. The fourth-order valence-electron chi connectivity index (χ4n) is 3.40. The highest BCUT2D eigenvalue weighted by atomic mass is 35.5. The van der Waals surface area contributed by atoms with Gasteiger partial charge in [0.25, 0.3) is 11.8 Å². The molecule has 0 aliphatic heterocycles. The minimum Gasteiger partial charge on any atom is -0.347 e. The second-order valence-corrected chi connectivity index (χ2v) is 8.17. The van der Waals surface area contributed by atoms with Gasteiger partial charge in [-0.1, -0.05) is 50.6 Å². The zero-order valence-corrected chi connectivity index (χ0v) is 18.7. The molecule has 0 fully saturated rings. The van der Waals surface area contributed by atoms with Crippen LogP contribution in [0.25, 0.3) is 10.9 Å². The number of amides is 2. The predicted octanol–water partition coefficient (Wildman–Crippen LogP) is 4.61. The van der Waals surface area contributed by atoms with Gasteiger partial charge in [0.05, 0.1) is 6.21 Å². The van der Waals surface area contributed by atoms with E-state index < -0.39 is 6.04 Å². The number of aryl methyl sites for hydroxylation is 1. The van der Waals surface area contributed by atoms with Crippen LogP contribution in [0.1, 0.15) is 43.1 Å². The van der Waals surface area contributed by atoms with Crippen molar-refractivity contribution in [2.45, 2.75) is 39.8 Å². The highest BCUT2D eigenvalue weighted by Gasteiger charge is 2.24. The number of carbonyl (C=O) groups is 2. The van der Waals surface area contributed by atoms with Gasteiger partial charge in [0.1, 0.15) is 6.04 Å². The maximum absolute atomic E-state index is 12.7. The van der Waals surface area contributed by atoms with Crippen LogP contribution in [0.4, 0.5) is 0 Å². The number of para-hydroxylation sites is 1. The summed E-state index contributed by atoms with van der Waals surface area (Å²) in [6, 6.07) is 13.9.